The highest BCUT2D eigenvalue weighted by Gasteiger charge is 2.45. The van der Waals surface area contributed by atoms with Gasteiger partial charge in [0, 0.05) is 19.6 Å². The first-order valence-corrected chi connectivity index (χ1v) is 9.65. The molecule has 0 bridgehead atoms. The topological polar surface area (TPSA) is 96.5 Å². The van der Waals surface area contributed by atoms with E-state index in [0.717, 1.165) is 15.4 Å². The SMILES string of the molecule is CCN(Cc1ccc2c(c1)OCCO2)C(=O)CN1C(=O)C(=O)N(CC(C)C)C1=O. The third-order valence-corrected chi connectivity index (χ3v) is 4.69. The largest absolute Gasteiger partial charge is 0.486 e. The average Bonchev–Trinajstić information content (AvgIpc) is 2.89. The van der Waals surface area contributed by atoms with Crippen molar-refractivity contribution >= 4 is 23.8 Å². The molecule has 2 aliphatic heterocycles. The Morgan fingerprint density at radius 1 is 1.07 bits per heavy atom. The minimum Gasteiger partial charge on any atom is -0.486 e. The second kappa shape index (κ2) is 8.50. The number of imide groups is 2. The van der Waals surface area contributed by atoms with E-state index in [1.807, 2.05) is 26.0 Å². The zero-order valence-corrected chi connectivity index (χ0v) is 16.8. The summed E-state index contributed by atoms with van der Waals surface area (Å²) in [6.45, 7) is 6.79. The van der Waals surface area contributed by atoms with Gasteiger partial charge in [0.1, 0.15) is 19.8 Å². The van der Waals surface area contributed by atoms with Crippen LogP contribution in [0.2, 0.25) is 0 Å². The van der Waals surface area contributed by atoms with E-state index >= 15 is 0 Å². The lowest BCUT2D eigenvalue weighted by atomic mass is 10.1. The second-order valence-corrected chi connectivity index (χ2v) is 7.37. The summed E-state index contributed by atoms with van der Waals surface area (Å²) in [5.41, 5.74) is 0.834. The first-order chi connectivity index (χ1) is 13.8. The van der Waals surface area contributed by atoms with Crippen LogP contribution in [-0.4, -0.2) is 71.3 Å². The molecule has 0 N–H and O–H groups in total. The number of nitrogens with zero attached hydrogens (tertiary/aromatic N) is 3. The Kier molecular flexibility index (Phi) is 6.05. The number of hydrogen-bond donors (Lipinski definition) is 0. The summed E-state index contributed by atoms with van der Waals surface area (Å²) in [6.07, 6.45) is 0. The Labute approximate surface area is 169 Å². The standard InChI is InChI=1S/C20H25N3O6/c1-4-21(11-14-5-6-15-16(9-14)29-8-7-28-15)17(24)12-23-19(26)18(25)22(20(23)27)10-13(2)3/h5-6,9,13H,4,7-8,10-12H2,1-3H3. The van der Waals surface area contributed by atoms with E-state index < -0.39 is 30.3 Å². The van der Waals surface area contributed by atoms with Gasteiger partial charge in [0.2, 0.25) is 5.91 Å². The molecule has 1 saturated heterocycles. The summed E-state index contributed by atoms with van der Waals surface area (Å²) in [5, 5.41) is 0. The molecule has 0 aromatic heterocycles. The van der Waals surface area contributed by atoms with Crippen LogP contribution in [-0.2, 0) is 20.9 Å². The third-order valence-electron chi connectivity index (χ3n) is 4.69. The van der Waals surface area contributed by atoms with Gasteiger partial charge in [-0.15, -0.1) is 0 Å². The Balaban J connectivity index is 1.68. The summed E-state index contributed by atoms with van der Waals surface area (Å²) < 4.78 is 11.1. The molecule has 9 heteroatoms. The van der Waals surface area contributed by atoms with Crippen LogP contribution >= 0.6 is 0 Å². The zero-order valence-electron chi connectivity index (χ0n) is 16.8. The van der Waals surface area contributed by atoms with Gasteiger partial charge in [0.15, 0.2) is 11.5 Å². The summed E-state index contributed by atoms with van der Waals surface area (Å²) in [5.74, 6) is -0.953. The molecule has 9 nitrogen and oxygen atoms in total. The number of likely N-dealkylation sites (N-methyl/N-ethyl adjacent to an activating group) is 1. The molecule has 2 aliphatic rings. The van der Waals surface area contributed by atoms with E-state index in [-0.39, 0.29) is 19.0 Å². The first kappa shape index (κ1) is 20.6. The van der Waals surface area contributed by atoms with Gasteiger partial charge >= 0.3 is 17.8 Å². The first-order valence-electron chi connectivity index (χ1n) is 9.65. The Hall–Kier alpha value is -3.10. The summed E-state index contributed by atoms with van der Waals surface area (Å²) in [6, 6.07) is 4.70. The highest BCUT2D eigenvalue weighted by atomic mass is 16.6. The van der Waals surface area contributed by atoms with E-state index in [9.17, 15) is 19.2 Å². The van der Waals surface area contributed by atoms with Gasteiger partial charge in [0.25, 0.3) is 0 Å². The summed E-state index contributed by atoms with van der Waals surface area (Å²) >= 11 is 0. The summed E-state index contributed by atoms with van der Waals surface area (Å²) in [7, 11) is 0. The normalized spacial score (nSPS) is 16.1. The Morgan fingerprint density at radius 2 is 1.72 bits per heavy atom. The molecule has 0 aliphatic carbocycles. The fourth-order valence-electron chi connectivity index (χ4n) is 3.23. The maximum Gasteiger partial charge on any atom is 0.334 e. The molecular formula is C20H25N3O6. The average molecular weight is 403 g/mol. The lowest BCUT2D eigenvalue weighted by Gasteiger charge is -2.24. The Morgan fingerprint density at radius 3 is 2.38 bits per heavy atom. The molecule has 0 atom stereocenters. The van der Waals surface area contributed by atoms with E-state index in [1.54, 1.807) is 13.0 Å². The molecule has 29 heavy (non-hydrogen) atoms. The summed E-state index contributed by atoms with van der Waals surface area (Å²) in [4.78, 5) is 52.6. The predicted molar refractivity (Wildman–Crippen MR) is 102 cm³/mol. The third kappa shape index (κ3) is 4.33. The van der Waals surface area contributed by atoms with Gasteiger partial charge in [-0.05, 0) is 30.5 Å². The van der Waals surface area contributed by atoms with Crippen LogP contribution in [0.5, 0.6) is 11.5 Å². The molecule has 1 fully saturated rings. The number of hydrogen-bond acceptors (Lipinski definition) is 6. The molecule has 0 radical (unpaired) electrons. The number of fused-ring (bicyclic) bond motifs is 1. The fourth-order valence-corrected chi connectivity index (χ4v) is 3.23. The highest BCUT2D eigenvalue weighted by Crippen LogP contribution is 2.31. The van der Waals surface area contributed by atoms with E-state index in [2.05, 4.69) is 0 Å². The maximum atomic E-state index is 12.7. The van der Waals surface area contributed by atoms with Crippen molar-refractivity contribution in [2.24, 2.45) is 5.92 Å². The van der Waals surface area contributed by atoms with Crippen molar-refractivity contribution in [3.05, 3.63) is 23.8 Å². The minimum absolute atomic E-state index is 0.0219. The lowest BCUT2D eigenvalue weighted by molar-refractivity contribution is -0.145. The molecule has 156 valence electrons. The second-order valence-electron chi connectivity index (χ2n) is 7.37. The van der Waals surface area contributed by atoms with Crippen LogP contribution in [0.4, 0.5) is 4.79 Å². The molecule has 0 saturated carbocycles. The quantitative estimate of drug-likeness (QED) is 0.502. The van der Waals surface area contributed by atoms with Gasteiger partial charge in [-0.1, -0.05) is 19.9 Å². The van der Waals surface area contributed by atoms with Crippen LogP contribution in [0.3, 0.4) is 0 Å². The predicted octanol–water partition coefficient (Wildman–Crippen LogP) is 1.25. The number of carbonyl (C=O) groups is 4. The highest BCUT2D eigenvalue weighted by molar-refractivity contribution is 6.45. The van der Waals surface area contributed by atoms with E-state index in [0.29, 0.717) is 31.3 Å². The van der Waals surface area contributed by atoms with Crippen LogP contribution in [0.25, 0.3) is 0 Å². The van der Waals surface area contributed by atoms with Crippen LogP contribution in [0, 0.1) is 5.92 Å². The molecular weight excluding hydrogens is 378 g/mol. The fraction of sp³-hybridized carbons (Fsp3) is 0.500. The number of amides is 5. The zero-order chi connectivity index (χ0) is 21.1. The number of carbonyl (C=O) groups excluding carboxylic acids is 4. The van der Waals surface area contributed by atoms with Crippen LogP contribution in [0.15, 0.2) is 18.2 Å². The van der Waals surface area contributed by atoms with Gasteiger partial charge in [-0.25, -0.2) is 9.69 Å². The molecule has 1 aromatic rings. The van der Waals surface area contributed by atoms with E-state index in [4.69, 9.17) is 9.47 Å². The van der Waals surface area contributed by atoms with Crippen molar-refractivity contribution in [2.75, 3.05) is 32.8 Å². The molecule has 5 amide bonds. The number of urea groups is 1. The van der Waals surface area contributed by atoms with Crippen LogP contribution < -0.4 is 9.47 Å². The number of rotatable bonds is 7. The van der Waals surface area contributed by atoms with Crippen molar-refractivity contribution < 1.29 is 28.7 Å². The van der Waals surface area contributed by atoms with Crippen molar-refractivity contribution in [2.45, 2.75) is 27.3 Å². The molecule has 3 rings (SSSR count). The molecule has 0 spiro atoms. The van der Waals surface area contributed by atoms with Crippen molar-refractivity contribution in [3.63, 3.8) is 0 Å². The number of benzene rings is 1. The van der Waals surface area contributed by atoms with Crippen LogP contribution in [0.1, 0.15) is 26.3 Å². The number of ether oxygens (including phenoxy) is 2. The van der Waals surface area contributed by atoms with Gasteiger partial charge in [0.05, 0.1) is 0 Å². The monoisotopic (exact) mass is 403 g/mol. The van der Waals surface area contributed by atoms with E-state index in [1.165, 1.54) is 4.90 Å². The minimum atomic E-state index is -0.959. The van der Waals surface area contributed by atoms with Gasteiger partial charge in [-0.2, -0.15) is 0 Å². The smallest absolute Gasteiger partial charge is 0.334 e. The van der Waals surface area contributed by atoms with Gasteiger partial charge in [-0.3, -0.25) is 19.3 Å². The Bertz CT molecular complexity index is 838. The van der Waals surface area contributed by atoms with Crippen molar-refractivity contribution in [1.82, 2.24) is 14.7 Å². The van der Waals surface area contributed by atoms with Crippen molar-refractivity contribution in [1.29, 1.82) is 0 Å². The molecule has 1 aromatic carbocycles. The molecule has 0 unspecified atom stereocenters. The maximum absolute atomic E-state index is 12.7. The lowest BCUT2D eigenvalue weighted by Crippen LogP contribution is -2.43. The molecule has 2 heterocycles. The van der Waals surface area contributed by atoms with Gasteiger partial charge < -0.3 is 14.4 Å². The van der Waals surface area contributed by atoms with Crippen molar-refractivity contribution in [3.8, 4) is 11.5 Å².